The highest BCUT2D eigenvalue weighted by molar-refractivity contribution is 5.63. The van der Waals surface area contributed by atoms with Gasteiger partial charge in [-0.05, 0) is 48.2 Å². The molecule has 3 aromatic heterocycles. The number of fused-ring (bicyclic) bond motifs is 1. The first-order valence-corrected chi connectivity index (χ1v) is 11.7. The number of pyridine rings is 1. The first-order chi connectivity index (χ1) is 16.9. The molecule has 0 amide bonds. The summed E-state index contributed by atoms with van der Waals surface area (Å²) in [5.41, 5.74) is 9.52. The fourth-order valence-corrected chi connectivity index (χ4v) is 4.94. The zero-order valence-electron chi connectivity index (χ0n) is 19.8. The van der Waals surface area contributed by atoms with Crippen LogP contribution in [0.3, 0.4) is 0 Å². The van der Waals surface area contributed by atoms with Crippen molar-refractivity contribution in [3.8, 4) is 11.3 Å². The van der Waals surface area contributed by atoms with Crippen molar-refractivity contribution < 1.29 is 13.5 Å². The molecule has 0 radical (unpaired) electrons. The van der Waals surface area contributed by atoms with E-state index in [1.807, 2.05) is 12.3 Å². The van der Waals surface area contributed by atoms with Gasteiger partial charge in [-0.25, -0.2) is 18.3 Å². The number of rotatable bonds is 6. The third-order valence-corrected chi connectivity index (χ3v) is 6.38. The normalized spacial score (nSPS) is 18.4. The van der Waals surface area contributed by atoms with Crippen LogP contribution in [-0.4, -0.2) is 45.8 Å². The molecule has 0 aliphatic carbocycles. The maximum absolute atomic E-state index is 14.8. The second kappa shape index (κ2) is 9.67. The van der Waals surface area contributed by atoms with Gasteiger partial charge >= 0.3 is 0 Å². The van der Waals surface area contributed by atoms with Gasteiger partial charge in [-0.15, -0.1) is 0 Å². The van der Waals surface area contributed by atoms with Gasteiger partial charge in [0.2, 0.25) is 0 Å². The second-order valence-corrected chi connectivity index (χ2v) is 9.28. The minimum absolute atomic E-state index is 0.122. The van der Waals surface area contributed by atoms with Crippen molar-refractivity contribution in [3.05, 3.63) is 77.5 Å². The summed E-state index contributed by atoms with van der Waals surface area (Å²) in [5.74, 6) is -0.218. The zero-order chi connectivity index (χ0) is 24.5. The molecule has 2 atom stereocenters. The molecule has 35 heavy (non-hydrogen) atoms. The summed E-state index contributed by atoms with van der Waals surface area (Å²) in [6, 6.07) is 8.03. The number of ether oxygens (including phenoxy) is 1. The van der Waals surface area contributed by atoms with Gasteiger partial charge in [0.25, 0.3) is 0 Å². The molecule has 1 aliphatic rings. The van der Waals surface area contributed by atoms with E-state index in [9.17, 15) is 8.78 Å². The first kappa shape index (κ1) is 23.3. The average molecular weight is 479 g/mol. The Labute approximate surface area is 202 Å². The quantitative estimate of drug-likeness (QED) is 0.452. The number of anilines is 1. The number of methoxy groups -OCH3 is 1. The van der Waals surface area contributed by atoms with Crippen molar-refractivity contribution in [2.45, 2.75) is 32.4 Å². The maximum atomic E-state index is 14.8. The number of piperidine rings is 1. The topological polar surface area (TPSA) is 81.6 Å². The number of imidazole rings is 1. The third kappa shape index (κ3) is 4.74. The molecular formula is C26H28F2N6O. The lowest BCUT2D eigenvalue weighted by atomic mass is 9.95. The Morgan fingerprint density at radius 1 is 1.11 bits per heavy atom. The van der Waals surface area contributed by atoms with E-state index in [0.29, 0.717) is 23.7 Å². The molecule has 4 heterocycles. The summed E-state index contributed by atoms with van der Waals surface area (Å²) in [7, 11) is 1.48. The highest BCUT2D eigenvalue weighted by Crippen LogP contribution is 2.29. The van der Waals surface area contributed by atoms with Gasteiger partial charge in [0.05, 0.1) is 29.6 Å². The van der Waals surface area contributed by atoms with Crippen LogP contribution < -0.4 is 10.6 Å². The monoisotopic (exact) mass is 478 g/mol. The molecule has 2 N–H and O–H groups in total. The summed E-state index contributed by atoms with van der Waals surface area (Å²) < 4.78 is 36.3. The molecule has 1 fully saturated rings. The largest absolute Gasteiger partial charge is 0.380 e. The number of aromatic nitrogens is 4. The van der Waals surface area contributed by atoms with Crippen molar-refractivity contribution >= 4 is 11.2 Å². The molecule has 7 nitrogen and oxygen atoms in total. The number of nitrogens with zero attached hydrogens (tertiary/aromatic N) is 5. The summed E-state index contributed by atoms with van der Waals surface area (Å²) in [4.78, 5) is 11.2. The molecule has 1 aromatic carbocycles. The smallest absolute Gasteiger partial charge is 0.135 e. The number of hydrogen-bond donors (Lipinski definition) is 1. The second-order valence-electron chi connectivity index (χ2n) is 9.28. The van der Waals surface area contributed by atoms with Crippen molar-refractivity contribution in [2.24, 2.45) is 11.7 Å². The van der Waals surface area contributed by atoms with Gasteiger partial charge in [-0.1, -0.05) is 6.92 Å². The Morgan fingerprint density at radius 2 is 1.91 bits per heavy atom. The van der Waals surface area contributed by atoms with Crippen LogP contribution in [0.2, 0.25) is 0 Å². The van der Waals surface area contributed by atoms with Crippen LogP contribution in [0.5, 0.6) is 0 Å². The Kier molecular flexibility index (Phi) is 6.44. The standard InChI is InChI=1S/C26H28F2N6O/c1-16-7-19(29)14-33(13-16)24-5-6-30-11-18(24)10-25-31-12-20-3-4-23(32-34(20)25)26-21(27)8-17(15-35-2)9-22(26)28/h3-6,8-9,11-12,16,19H,7,10,13-15,29H2,1-2H3/t16-,19+/m1/s1. The van der Waals surface area contributed by atoms with Crippen molar-refractivity contribution in [3.63, 3.8) is 0 Å². The molecule has 4 aromatic rings. The van der Waals surface area contributed by atoms with Gasteiger partial charge in [0.15, 0.2) is 0 Å². The van der Waals surface area contributed by atoms with Crippen LogP contribution in [0.25, 0.3) is 16.8 Å². The molecule has 182 valence electrons. The van der Waals surface area contributed by atoms with Crippen LogP contribution in [0.1, 0.15) is 30.3 Å². The van der Waals surface area contributed by atoms with Gasteiger partial charge in [-0.3, -0.25) is 4.98 Å². The molecule has 0 spiro atoms. The van der Waals surface area contributed by atoms with E-state index in [2.05, 4.69) is 26.9 Å². The van der Waals surface area contributed by atoms with Crippen LogP contribution in [0, 0.1) is 17.6 Å². The minimum atomic E-state index is -0.685. The Bertz CT molecular complexity index is 1320. The lowest BCUT2D eigenvalue weighted by molar-refractivity contribution is 0.184. The summed E-state index contributed by atoms with van der Waals surface area (Å²) >= 11 is 0. The molecule has 9 heteroatoms. The molecule has 0 bridgehead atoms. The van der Waals surface area contributed by atoms with Crippen molar-refractivity contribution in [1.29, 1.82) is 0 Å². The van der Waals surface area contributed by atoms with Crippen molar-refractivity contribution in [2.75, 3.05) is 25.1 Å². The first-order valence-electron chi connectivity index (χ1n) is 11.7. The van der Waals surface area contributed by atoms with Crippen LogP contribution in [0.4, 0.5) is 14.5 Å². The molecule has 1 saturated heterocycles. The Balaban J connectivity index is 1.50. The zero-order valence-corrected chi connectivity index (χ0v) is 19.8. The third-order valence-electron chi connectivity index (χ3n) is 6.38. The van der Waals surface area contributed by atoms with E-state index in [-0.39, 0.29) is 23.9 Å². The number of hydrogen-bond acceptors (Lipinski definition) is 6. The number of benzene rings is 1. The molecule has 0 saturated carbocycles. The summed E-state index contributed by atoms with van der Waals surface area (Å²) in [5, 5.41) is 4.55. The van der Waals surface area contributed by atoms with E-state index in [4.69, 9.17) is 10.5 Å². The lowest BCUT2D eigenvalue weighted by Gasteiger charge is -2.37. The highest BCUT2D eigenvalue weighted by Gasteiger charge is 2.24. The highest BCUT2D eigenvalue weighted by atomic mass is 19.1. The van der Waals surface area contributed by atoms with Gasteiger partial charge < -0.3 is 15.4 Å². The fourth-order valence-electron chi connectivity index (χ4n) is 4.94. The van der Waals surface area contributed by atoms with Crippen LogP contribution >= 0.6 is 0 Å². The van der Waals surface area contributed by atoms with E-state index in [1.54, 1.807) is 29.0 Å². The summed E-state index contributed by atoms with van der Waals surface area (Å²) in [6.07, 6.45) is 6.79. The van der Waals surface area contributed by atoms with Crippen LogP contribution in [-0.2, 0) is 17.8 Å². The molecule has 5 rings (SSSR count). The molecular weight excluding hydrogens is 450 g/mol. The van der Waals surface area contributed by atoms with Gasteiger partial charge in [0.1, 0.15) is 17.5 Å². The summed E-state index contributed by atoms with van der Waals surface area (Å²) in [6.45, 7) is 4.04. The van der Waals surface area contributed by atoms with E-state index < -0.39 is 11.6 Å². The van der Waals surface area contributed by atoms with E-state index >= 15 is 0 Å². The molecule has 0 unspecified atom stereocenters. The predicted octanol–water partition coefficient (Wildman–Crippen LogP) is 3.98. The van der Waals surface area contributed by atoms with Crippen molar-refractivity contribution in [1.82, 2.24) is 19.6 Å². The maximum Gasteiger partial charge on any atom is 0.135 e. The lowest BCUT2D eigenvalue weighted by Crippen LogP contribution is -2.46. The van der Waals surface area contributed by atoms with Gasteiger partial charge in [-0.2, -0.15) is 5.10 Å². The fraction of sp³-hybridized carbons (Fsp3) is 0.346. The molecule has 1 aliphatic heterocycles. The van der Waals surface area contributed by atoms with E-state index in [0.717, 1.165) is 36.3 Å². The van der Waals surface area contributed by atoms with Crippen LogP contribution in [0.15, 0.2) is 48.9 Å². The van der Waals surface area contributed by atoms with Gasteiger partial charge in [0, 0.05) is 56.3 Å². The predicted molar refractivity (Wildman–Crippen MR) is 130 cm³/mol. The average Bonchev–Trinajstić information content (AvgIpc) is 3.21. The Hall–Kier alpha value is -3.43. The minimum Gasteiger partial charge on any atom is -0.380 e. The Morgan fingerprint density at radius 3 is 2.66 bits per heavy atom. The number of halogens is 2. The number of nitrogens with two attached hydrogens (primary N) is 1. The SMILES string of the molecule is COCc1cc(F)c(-c2ccc3cnc(Cc4cnccc4N4C[C@H](C)C[C@H](N)C4)n3n2)c(F)c1. The van der Waals surface area contributed by atoms with E-state index in [1.165, 1.54) is 19.2 Å².